The third-order valence-electron chi connectivity index (χ3n) is 4.13. The molecule has 1 aliphatic heterocycles. The lowest BCUT2D eigenvalue weighted by Gasteiger charge is -2.32. The fourth-order valence-corrected chi connectivity index (χ4v) is 3.24. The molecule has 0 aromatic heterocycles. The van der Waals surface area contributed by atoms with E-state index >= 15 is 0 Å². The van der Waals surface area contributed by atoms with Crippen molar-refractivity contribution in [1.29, 1.82) is 0 Å². The van der Waals surface area contributed by atoms with Crippen LogP contribution in [0, 0.1) is 5.82 Å². The second kappa shape index (κ2) is 5.91. The van der Waals surface area contributed by atoms with E-state index in [-0.39, 0.29) is 11.9 Å². The molecule has 0 spiro atoms. The number of hydrogen-bond donors (Lipinski definition) is 1. The van der Waals surface area contributed by atoms with Gasteiger partial charge in [-0.05, 0) is 51.2 Å². The molecule has 0 bridgehead atoms. The molecule has 2 N–H and O–H groups in total. The van der Waals surface area contributed by atoms with Crippen LogP contribution in [0.2, 0.25) is 0 Å². The maximum Gasteiger partial charge on any atom is 0.146 e. The Labute approximate surface area is 115 Å². The minimum Gasteiger partial charge on any atom is -0.363 e. The summed E-state index contributed by atoms with van der Waals surface area (Å²) in [5.41, 5.74) is 7.74. The molecule has 106 valence electrons. The van der Waals surface area contributed by atoms with Crippen LogP contribution in [-0.2, 0) is 6.42 Å². The second-order valence-electron chi connectivity index (χ2n) is 5.82. The van der Waals surface area contributed by atoms with E-state index in [1.54, 1.807) is 12.1 Å². The molecule has 1 aliphatic rings. The van der Waals surface area contributed by atoms with E-state index in [0.717, 1.165) is 36.9 Å². The number of nitrogens with two attached hydrogens (primary N) is 1. The Kier molecular flexibility index (Phi) is 4.46. The summed E-state index contributed by atoms with van der Waals surface area (Å²) in [5, 5.41) is 0. The van der Waals surface area contributed by atoms with Crippen LogP contribution in [0.4, 0.5) is 10.1 Å². The summed E-state index contributed by atoms with van der Waals surface area (Å²) >= 11 is 0. The Bertz CT molecular complexity index is 431. The zero-order chi connectivity index (χ0) is 14.0. The average Bonchev–Trinajstić information content (AvgIpc) is 2.70. The maximum absolute atomic E-state index is 14.4. The van der Waals surface area contributed by atoms with E-state index in [1.807, 2.05) is 13.0 Å². The van der Waals surface area contributed by atoms with E-state index in [9.17, 15) is 4.39 Å². The highest BCUT2D eigenvalue weighted by Crippen LogP contribution is 2.36. The Hall–Kier alpha value is -1.09. The van der Waals surface area contributed by atoms with Gasteiger partial charge in [-0.3, -0.25) is 0 Å². The molecule has 1 aromatic rings. The number of benzene rings is 1. The minimum absolute atomic E-state index is 0.0542. The third-order valence-corrected chi connectivity index (χ3v) is 4.13. The number of anilines is 1. The van der Waals surface area contributed by atoms with Crippen molar-refractivity contribution in [2.45, 2.75) is 64.6 Å². The molecule has 3 heteroatoms. The van der Waals surface area contributed by atoms with Crippen LogP contribution >= 0.6 is 0 Å². The first-order chi connectivity index (χ1) is 9.04. The van der Waals surface area contributed by atoms with Gasteiger partial charge in [0.15, 0.2) is 0 Å². The van der Waals surface area contributed by atoms with Gasteiger partial charge in [0.05, 0.1) is 5.69 Å². The molecule has 0 aliphatic carbocycles. The summed E-state index contributed by atoms with van der Waals surface area (Å²) in [4.78, 5) is 2.28. The van der Waals surface area contributed by atoms with Gasteiger partial charge in [-0.15, -0.1) is 0 Å². The zero-order valence-corrected chi connectivity index (χ0v) is 12.2. The van der Waals surface area contributed by atoms with Crippen molar-refractivity contribution in [3.8, 4) is 0 Å². The van der Waals surface area contributed by atoms with Crippen LogP contribution in [0.15, 0.2) is 18.2 Å². The van der Waals surface area contributed by atoms with Gasteiger partial charge in [-0.1, -0.05) is 19.1 Å². The van der Waals surface area contributed by atoms with Crippen LogP contribution in [0.1, 0.15) is 45.6 Å². The van der Waals surface area contributed by atoms with Crippen molar-refractivity contribution < 1.29 is 4.39 Å². The Morgan fingerprint density at radius 3 is 2.79 bits per heavy atom. The van der Waals surface area contributed by atoms with Crippen LogP contribution in [0.25, 0.3) is 0 Å². The van der Waals surface area contributed by atoms with E-state index < -0.39 is 0 Å². The summed E-state index contributed by atoms with van der Waals surface area (Å²) in [7, 11) is 0. The van der Waals surface area contributed by atoms with Crippen LogP contribution in [0.5, 0.6) is 0 Å². The van der Waals surface area contributed by atoms with Crippen LogP contribution in [0.3, 0.4) is 0 Å². The summed E-state index contributed by atoms with van der Waals surface area (Å²) in [5.74, 6) is -0.106. The van der Waals surface area contributed by atoms with Gasteiger partial charge in [0.25, 0.3) is 0 Å². The summed E-state index contributed by atoms with van der Waals surface area (Å²) in [6.07, 6.45) is 4.09. The Morgan fingerprint density at radius 1 is 1.42 bits per heavy atom. The molecule has 1 fully saturated rings. The number of hydrogen-bond acceptors (Lipinski definition) is 2. The second-order valence-corrected chi connectivity index (χ2v) is 5.82. The zero-order valence-electron chi connectivity index (χ0n) is 12.2. The fourth-order valence-electron chi connectivity index (χ4n) is 3.24. The molecular formula is C16H25FN2. The molecule has 0 saturated carbocycles. The van der Waals surface area contributed by atoms with Gasteiger partial charge in [-0.25, -0.2) is 4.39 Å². The minimum atomic E-state index is -0.106. The molecule has 1 heterocycles. The lowest BCUT2D eigenvalue weighted by atomic mass is 10.0. The molecule has 1 saturated heterocycles. The summed E-state index contributed by atoms with van der Waals surface area (Å²) in [6.45, 7) is 6.35. The number of rotatable bonds is 4. The maximum atomic E-state index is 14.4. The van der Waals surface area contributed by atoms with Gasteiger partial charge in [-0.2, -0.15) is 0 Å². The van der Waals surface area contributed by atoms with Gasteiger partial charge in [0, 0.05) is 18.1 Å². The molecule has 3 unspecified atom stereocenters. The van der Waals surface area contributed by atoms with Crippen LogP contribution < -0.4 is 10.6 Å². The first-order valence-electron chi connectivity index (χ1n) is 7.35. The van der Waals surface area contributed by atoms with Crippen molar-refractivity contribution in [2.24, 2.45) is 5.73 Å². The van der Waals surface area contributed by atoms with E-state index in [4.69, 9.17) is 5.73 Å². The SMILES string of the molecule is CCC1CCC(C)N1c1c(F)cccc1CC(C)N. The predicted octanol–water partition coefficient (Wildman–Crippen LogP) is 3.48. The molecule has 2 nitrogen and oxygen atoms in total. The lowest BCUT2D eigenvalue weighted by Crippen LogP contribution is -2.36. The molecule has 0 radical (unpaired) electrons. The van der Waals surface area contributed by atoms with Gasteiger partial charge in [0.1, 0.15) is 5.82 Å². The topological polar surface area (TPSA) is 29.3 Å². The smallest absolute Gasteiger partial charge is 0.146 e. The van der Waals surface area contributed by atoms with Gasteiger partial charge < -0.3 is 10.6 Å². The van der Waals surface area contributed by atoms with Gasteiger partial charge in [0.2, 0.25) is 0 Å². The van der Waals surface area contributed by atoms with Crippen molar-refractivity contribution >= 4 is 5.69 Å². The first-order valence-corrected chi connectivity index (χ1v) is 7.35. The third kappa shape index (κ3) is 2.92. The molecule has 2 rings (SSSR count). The molecule has 19 heavy (non-hydrogen) atoms. The quantitative estimate of drug-likeness (QED) is 0.902. The lowest BCUT2D eigenvalue weighted by molar-refractivity contribution is 0.576. The largest absolute Gasteiger partial charge is 0.363 e. The van der Waals surface area contributed by atoms with E-state index in [1.165, 1.54) is 0 Å². The van der Waals surface area contributed by atoms with E-state index in [2.05, 4.69) is 18.7 Å². The average molecular weight is 264 g/mol. The highest BCUT2D eigenvalue weighted by Gasteiger charge is 2.32. The standard InChI is InChI=1S/C16H25FN2/c1-4-14-9-8-12(3)19(14)16-13(10-11(2)18)6-5-7-15(16)17/h5-7,11-12,14H,4,8-10,18H2,1-3H3. The Balaban J connectivity index is 2.41. The molecule has 0 amide bonds. The van der Waals surface area contributed by atoms with Crippen molar-refractivity contribution in [3.05, 3.63) is 29.6 Å². The fraction of sp³-hybridized carbons (Fsp3) is 0.625. The summed E-state index contributed by atoms with van der Waals surface area (Å²) in [6, 6.07) is 6.29. The molecule has 3 atom stereocenters. The highest BCUT2D eigenvalue weighted by atomic mass is 19.1. The predicted molar refractivity (Wildman–Crippen MR) is 79.0 cm³/mol. The molecule has 1 aromatic carbocycles. The molecular weight excluding hydrogens is 239 g/mol. The number of nitrogens with zero attached hydrogens (tertiary/aromatic N) is 1. The van der Waals surface area contributed by atoms with Crippen molar-refractivity contribution in [3.63, 3.8) is 0 Å². The normalized spacial score (nSPS) is 24.8. The van der Waals surface area contributed by atoms with Crippen molar-refractivity contribution in [2.75, 3.05) is 4.90 Å². The monoisotopic (exact) mass is 264 g/mol. The first kappa shape index (κ1) is 14.3. The van der Waals surface area contributed by atoms with Crippen LogP contribution in [-0.4, -0.2) is 18.1 Å². The Morgan fingerprint density at radius 2 is 2.16 bits per heavy atom. The number of para-hydroxylation sites is 1. The van der Waals surface area contributed by atoms with E-state index in [0.29, 0.717) is 12.1 Å². The van der Waals surface area contributed by atoms with Crippen molar-refractivity contribution in [1.82, 2.24) is 0 Å². The number of halogens is 1. The van der Waals surface area contributed by atoms with Gasteiger partial charge >= 0.3 is 0 Å². The summed E-state index contributed by atoms with van der Waals surface area (Å²) < 4.78 is 14.4. The highest BCUT2D eigenvalue weighted by molar-refractivity contribution is 5.57.